The first-order chi connectivity index (χ1) is 7.33. The Hall–Kier alpha value is -1.61. The first kappa shape index (κ1) is 8.68. The largest absolute Gasteiger partial charge is 0.353 e. The summed E-state index contributed by atoms with van der Waals surface area (Å²) in [5.41, 5.74) is 2.27. The normalized spacial score (nSPS) is 11.0. The van der Waals surface area contributed by atoms with E-state index in [2.05, 4.69) is 35.1 Å². The number of hydrogen-bond acceptors (Lipinski definition) is 2. The van der Waals surface area contributed by atoms with Crippen molar-refractivity contribution in [1.82, 2.24) is 9.97 Å². The number of rotatable bonds is 1. The van der Waals surface area contributed by atoms with Gasteiger partial charge in [-0.1, -0.05) is 18.2 Å². The summed E-state index contributed by atoms with van der Waals surface area (Å²) in [7, 11) is 0. The van der Waals surface area contributed by atoms with E-state index >= 15 is 0 Å². The summed E-state index contributed by atoms with van der Waals surface area (Å²) in [6.45, 7) is 2.07. The van der Waals surface area contributed by atoms with Crippen molar-refractivity contribution >= 4 is 22.2 Å². The Morgan fingerprint density at radius 2 is 2.13 bits per heavy atom. The van der Waals surface area contributed by atoms with Crippen molar-refractivity contribution in [1.29, 1.82) is 0 Å². The van der Waals surface area contributed by atoms with Crippen LogP contribution in [0, 0.1) is 6.92 Å². The molecular formula is C12H10N2S. The van der Waals surface area contributed by atoms with Crippen LogP contribution in [0.1, 0.15) is 4.88 Å². The summed E-state index contributed by atoms with van der Waals surface area (Å²) in [4.78, 5) is 8.98. The van der Waals surface area contributed by atoms with E-state index < -0.39 is 0 Å². The number of benzene rings is 1. The highest BCUT2D eigenvalue weighted by Crippen LogP contribution is 2.27. The molecule has 0 bridgehead atoms. The maximum Gasteiger partial charge on any atom is 0.139 e. The van der Waals surface area contributed by atoms with Crippen LogP contribution >= 0.6 is 11.3 Å². The monoisotopic (exact) mass is 214 g/mol. The van der Waals surface area contributed by atoms with Gasteiger partial charge < -0.3 is 4.98 Å². The Bertz CT molecular complexity index is 574. The van der Waals surface area contributed by atoms with Gasteiger partial charge in [0.2, 0.25) is 0 Å². The number of thiazole rings is 1. The van der Waals surface area contributed by atoms with E-state index in [1.807, 2.05) is 18.3 Å². The van der Waals surface area contributed by atoms with E-state index in [0.29, 0.717) is 0 Å². The van der Waals surface area contributed by atoms with Crippen LogP contribution in [0.2, 0.25) is 0 Å². The molecule has 0 amide bonds. The summed E-state index contributed by atoms with van der Waals surface area (Å²) in [6, 6.07) is 10.4. The Morgan fingerprint density at radius 1 is 1.27 bits per heavy atom. The molecule has 0 aliphatic carbocycles. The number of fused-ring (bicyclic) bond motifs is 1. The second-order valence-electron chi connectivity index (χ2n) is 3.55. The third-order valence-corrected chi connectivity index (χ3v) is 3.33. The Labute approximate surface area is 91.6 Å². The van der Waals surface area contributed by atoms with Gasteiger partial charge in [0.05, 0.1) is 5.69 Å². The Kier molecular flexibility index (Phi) is 1.86. The smallest absolute Gasteiger partial charge is 0.139 e. The third-order valence-electron chi connectivity index (χ3n) is 2.38. The molecule has 1 N–H and O–H groups in total. The minimum Gasteiger partial charge on any atom is -0.353 e. The lowest BCUT2D eigenvalue weighted by Gasteiger charge is -1.87. The predicted octanol–water partition coefficient (Wildman–Crippen LogP) is 3.60. The topological polar surface area (TPSA) is 28.7 Å². The zero-order valence-corrected chi connectivity index (χ0v) is 9.14. The number of aromatic nitrogens is 2. The molecule has 0 unspecified atom stereocenters. The maximum absolute atomic E-state index is 4.37. The molecule has 15 heavy (non-hydrogen) atoms. The fourth-order valence-electron chi connectivity index (χ4n) is 1.67. The first-order valence-electron chi connectivity index (χ1n) is 4.83. The predicted molar refractivity (Wildman–Crippen MR) is 64.1 cm³/mol. The third kappa shape index (κ3) is 1.45. The number of hydrogen-bond donors (Lipinski definition) is 1. The minimum absolute atomic E-state index is 1.06. The number of aromatic amines is 1. The molecule has 0 radical (unpaired) electrons. The van der Waals surface area contributed by atoms with Crippen LogP contribution in [0.15, 0.2) is 36.5 Å². The van der Waals surface area contributed by atoms with Crippen molar-refractivity contribution in [3.8, 4) is 10.7 Å². The van der Waals surface area contributed by atoms with Gasteiger partial charge in [-0.15, -0.1) is 11.3 Å². The molecule has 3 aromatic rings. The Balaban J connectivity index is 2.19. The molecule has 0 aliphatic heterocycles. The summed E-state index contributed by atoms with van der Waals surface area (Å²) in [5.74, 6) is 0. The average molecular weight is 214 g/mol. The van der Waals surface area contributed by atoms with Gasteiger partial charge in [-0.3, -0.25) is 0 Å². The molecule has 0 aliphatic rings. The average Bonchev–Trinajstić information content (AvgIpc) is 2.82. The van der Waals surface area contributed by atoms with E-state index in [4.69, 9.17) is 0 Å². The fraction of sp³-hybridized carbons (Fsp3) is 0.0833. The van der Waals surface area contributed by atoms with Gasteiger partial charge in [0.25, 0.3) is 0 Å². The summed E-state index contributed by atoms with van der Waals surface area (Å²) in [6.07, 6.45) is 1.91. The van der Waals surface area contributed by atoms with Crippen LogP contribution in [0.3, 0.4) is 0 Å². The van der Waals surface area contributed by atoms with E-state index in [-0.39, 0.29) is 0 Å². The molecular weight excluding hydrogens is 204 g/mol. The van der Waals surface area contributed by atoms with Crippen molar-refractivity contribution in [3.05, 3.63) is 41.4 Å². The van der Waals surface area contributed by atoms with Gasteiger partial charge in [0.1, 0.15) is 5.01 Å². The molecule has 2 nitrogen and oxygen atoms in total. The molecule has 2 aromatic heterocycles. The second-order valence-corrected chi connectivity index (χ2v) is 4.78. The molecule has 2 heterocycles. The van der Waals surface area contributed by atoms with Gasteiger partial charge >= 0.3 is 0 Å². The second kappa shape index (κ2) is 3.21. The lowest BCUT2D eigenvalue weighted by atomic mass is 10.2. The van der Waals surface area contributed by atoms with E-state index in [0.717, 1.165) is 10.7 Å². The molecule has 3 heteroatoms. The van der Waals surface area contributed by atoms with E-state index in [1.54, 1.807) is 11.3 Å². The molecule has 74 valence electrons. The number of nitrogens with one attached hydrogen (secondary N) is 1. The van der Waals surface area contributed by atoms with Crippen molar-refractivity contribution in [2.75, 3.05) is 0 Å². The molecule has 0 spiro atoms. The molecule has 0 saturated heterocycles. The quantitative estimate of drug-likeness (QED) is 0.658. The van der Waals surface area contributed by atoms with Crippen molar-refractivity contribution in [2.24, 2.45) is 0 Å². The lowest BCUT2D eigenvalue weighted by molar-refractivity contribution is 1.35. The minimum atomic E-state index is 1.06. The van der Waals surface area contributed by atoms with E-state index in [9.17, 15) is 0 Å². The van der Waals surface area contributed by atoms with Gasteiger partial charge in [-0.05, 0) is 19.1 Å². The van der Waals surface area contributed by atoms with Crippen LogP contribution in [0.5, 0.6) is 0 Å². The first-order valence-corrected chi connectivity index (χ1v) is 5.65. The van der Waals surface area contributed by atoms with Crippen molar-refractivity contribution < 1.29 is 0 Å². The zero-order valence-electron chi connectivity index (χ0n) is 8.32. The van der Waals surface area contributed by atoms with Crippen LogP contribution < -0.4 is 0 Å². The van der Waals surface area contributed by atoms with Gasteiger partial charge in [-0.2, -0.15) is 0 Å². The number of para-hydroxylation sites is 1. The standard InChI is InChI=1S/C12H10N2S/c1-8-7-13-12(15-8)11-6-9-4-2-3-5-10(9)14-11/h2-7,14H,1H3. The van der Waals surface area contributed by atoms with Crippen LogP contribution in [0.4, 0.5) is 0 Å². The highest BCUT2D eigenvalue weighted by Gasteiger charge is 2.05. The van der Waals surface area contributed by atoms with E-state index in [1.165, 1.54) is 15.8 Å². The van der Waals surface area contributed by atoms with Gasteiger partial charge in [-0.25, -0.2) is 4.98 Å². The van der Waals surface area contributed by atoms with Crippen LogP contribution in [-0.2, 0) is 0 Å². The number of H-pyrrole nitrogens is 1. The lowest BCUT2D eigenvalue weighted by Crippen LogP contribution is -1.72. The summed E-state index contributed by atoms with van der Waals surface area (Å²) < 4.78 is 0. The Morgan fingerprint density at radius 3 is 2.87 bits per heavy atom. The number of nitrogens with zero attached hydrogens (tertiary/aromatic N) is 1. The van der Waals surface area contributed by atoms with Crippen molar-refractivity contribution in [2.45, 2.75) is 6.92 Å². The highest BCUT2D eigenvalue weighted by molar-refractivity contribution is 7.14. The highest BCUT2D eigenvalue weighted by atomic mass is 32.1. The maximum atomic E-state index is 4.37. The number of aryl methyl sites for hydroxylation is 1. The fourth-order valence-corrected chi connectivity index (χ4v) is 2.40. The SMILES string of the molecule is Cc1cnc(-c2cc3ccccc3[nH]2)s1. The summed E-state index contributed by atoms with van der Waals surface area (Å²) in [5, 5.41) is 2.30. The molecule has 0 saturated carbocycles. The molecule has 0 fully saturated rings. The van der Waals surface area contributed by atoms with Crippen molar-refractivity contribution in [3.63, 3.8) is 0 Å². The molecule has 0 atom stereocenters. The van der Waals surface area contributed by atoms with Gasteiger partial charge in [0, 0.05) is 22.0 Å². The van der Waals surface area contributed by atoms with Crippen LogP contribution in [0.25, 0.3) is 21.6 Å². The molecule has 1 aromatic carbocycles. The zero-order chi connectivity index (χ0) is 10.3. The molecule has 3 rings (SSSR count). The van der Waals surface area contributed by atoms with Crippen LogP contribution in [-0.4, -0.2) is 9.97 Å². The van der Waals surface area contributed by atoms with Gasteiger partial charge in [0.15, 0.2) is 0 Å². The summed E-state index contributed by atoms with van der Waals surface area (Å²) >= 11 is 1.71.